The van der Waals surface area contributed by atoms with Gasteiger partial charge in [-0.2, -0.15) is 0 Å². The second-order valence-electron chi connectivity index (χ2n) is 18.0. The minimum absolute atomic E-state index is 0.0696. The topological polar surface area (TPSA) is 198 Å². The van der Waals surface area contributed by atoms with Crippen molar-refractivity contribution in [3.63, 3.8) is 0 Å². The number of hydrogen-bond acceptors (Lipinski definition) is 15. The summed E-state index contributed by atoms with van der Waals surface area (Å²) in [5, 5.41) is 11.7. The van der Waals surface area contributed by atoms with Crippen molar-refractivity contribution in [2.45, 2.75) is 51.2 Å². The van der Waals surface area contributed by atoms with Crippen LogP contribution in [-0.2, 0) is 33.8 Å². The SMILES string of the molecule is Cc1c(N2CCc3nc(Nc4ccc(CC(=O)Nc5ccc(N6CCN(C7CN(c8ccc9c(c8)C(=O)N(C8CCC(=O)NC8=O)C9=O)C7)CC6)cc5F)cc4)ncc3C2)cnc2c1NCCO2. The Bertz CT molecular complexity index is 2880. The number of nitrogens with zero attached hydrogens (tertiary/aromatic N) is 8. The van der Waals surface area contributed by atoms with Crippen LogP contribution < -0.4 is 40.7 Å². The number of imide groups is 2. The van der Waals surface area contributed by atoms with E-state index in [-0.39, 0.29) is 42.0 Å². The van der Waals surface area contributed by atoms with Gasteiger partial charge in [-0.15, -0.1) is 0 Å². The van der Waals surface area contributed by atoms with Crippen molar-refractivity contribution in [3.8, 4) is 5.88 Å². The predicted molar refractivity (Wildman–Crippen MR) is 251 cm³/mol. The largest absolute Gasteiger partial charge is 0.474 e. The van der Waals surface area contributed by atoms with Crippen LogP contribution >= 0.6 is 0 Å². The number of carbonyl (C=O) groups excluding carboxylic acids is 5. The van der Waals surface area contributed by atoms with Crippen molar-refractivity contribution in [3.05, 3.63) is 112 Å². The van der Waals surface area contributed by atoms with Gasteiger partial charge in [-0.1, -0.05) is 12.1 Å². The molecule has 2 aromatic heterocycles. The van der Waals surface area contributed by atoms with E-state index in [2.05, 4.69) is 57.8 Å². The highest BCUT2D eigenvalue weighted by molar-refractivity contribution is 6.23. The number of halogens is 1. The normalized spacial score (nSPS) is 19.4. The third-order valence-electron chi connectivity index (χ3n) is 13.8. The van der Waals surface area contributed by atoms with E-state index >= 15 is 4.39 Å². The van der Waals surface area contributed by atoms with Crippen LogP contribution in [0.25, 0.3) is 0 Å². The van der Waals surface area contributed by atoms with Crippen LogP contribution in [0.5, 0.6) is 5.88 Å². The van der Waals surface area contributed by atoms with E-state index in [0.29, 0.717) is 44.1 Å². The molecule has 1 unspecified atom stereocenters. The molecule has 8 heterocycles. The fourth-order valence-corrected chi connectivity index (χ4v) is 10.0. The quantitative estimate of drug-likeness (QED) is 0.147. The van der Waals surface area contributed by atoms with Crippen LogP contribution in [0.1, 0.15) is 55.9 Å². The first kappa shape index (κ1) is 42.9. The Morgan fingerprint density at radius 2 is 1.63 bits per heavy atom. The number of nitrogens with one attached hydrogen (secondary N) is 4. The number of piperazine rings is 1. The highest BCUT2D eigenvalue weighted by Crippen LogP contribution is 2.37. The Kier molecular flexibility index (Phi) is 11.1. The molecule has 6 aliphatic heterocycles. The molecule has 0 bridgehead atoms. The van der Waals surface area contributed by atoms with Gasteiger partial charge in [0.15, 0.2) is 0 Å². The molecule has 3 saturated heterocycles. The summed E-state index contributed by atoms with van der Waals surface area (Å²) in [6.45, 7) is 9.41. The Labute approximate surface area is 390 Å². The number of anilines is 7. The smallest absolute Gasteiger partial charge is 0.262 e. The zero-order valence-corrected chi connectivity index (χ0v) is 37.4. The minimum Gasteiger partial charge on any atom is -0.474 e. The molecular formula is C49H49FN12O6. The second kappa shape index (κ2) is 17.5. The number of benzene rings is 3. The molecule has 19 heteroatoms. The molecular weight excluding hydrogens is 872 g/mol. The van der Waals surface area contributed by atoms with Crippen molar-refractivity contribution < 1.29 is 33.1 Å². The van der Waals surface area contributed by atoms with Gasteiger partial charge in [-0.25, -0.2) is 19.3 Å². The number of carbonyl (C=O) groups is 5. The number of fused-ring (bicyclic) bond motifs is 3. The maximum atomic E-state index is 15.4. The number of amides is 5. The van der Waals surface area contributed by atoms with Crippen molar-refractivity contribution in [2.24, 2.45) is 0 Å². The zero-order valence-electron chi connectivity index (χ0n) is 37.4. The predicted octanol–water partition coefficient (Wildman–Crippen LogP) is 4.02. The lowest BCUT2D eigenvalue weighted by Gasteiger charge is -2.49. The molecule has 6 aliphatic rings. The molecule has 5 amide bonds. The lowest BCUT2D eigenvalue weighted by molar-refractivity contribution is -0.136. The molecule has 5 aromatic rings. The highest BCUT2D eigenvalue weighted by atomic mass is 19.1. The molecule has 0 saturated carbocycles. The molecule has 68 heavy (non-hydrogen) atoms. The summed E-state index contributed by atoms with van der Waals surface area (Å²) in [4.78, 5) is 87.5. The fraction of sp³-hybridized carbons (Fsp3) is 0.347. The molecule has 0 radical (unpaired) electrons. The van der Waals surface area contributed by atoms with E-state index in [1.165, 1.54) is 6.07 Å². The van der Waals surface area contributed by atoms with Crippen molar-refractivity contribution >= 4 is 69.6 Å². The van der Waals surface area contributed by atoms with Gasteiger partial charge in [0.25, 0.3) is 11.8 Å². The molecule has 1 atom stereocenters. The van der Waals surface area contributed by atoms with Gasteiger partial charge in [0.05, 0.1) is 40.8 Å². The molecule has 18 nitrogen and oxygen atoms in total. The lowest BCUT2D eigenvalue weighted by Crippen LogP contribution is -2.63. The van der Waals surface area contributed by atoms with Gasteiger partial charge in [0.2, 0.25) is 29.5 Å². The first-order valence-electron chi connectivity index (χ1n) is 23.0. The molecule has 0 spiro atoms. The van der Waals surface area contributed by atoms with Crippen LogP contribution in [0.2, 0.25) is 0 Å². The zero-order chi connectivity index (χ0) is 46.6. The third-order valence-corrected chi connectivity index (χ3v) is 13.8. The number of piperidine rings is 1. The summed E-state index contributed by atoms with van der Waals surface area (Å²) < 4.78 is 21.1. The molecule has 3 fully saturated rings. The summed E-state index contributed by atoms with van der Waals surface area (Å²) in [5.74, 6) is -1.76. The summed E-state index contributed by atoms with van der Waals surface area (Å²) in [7, 11) is 0. The lowest BCUT2D eigenvalue weighted by atomic mass is 10.0. The standard InChI is InChI=1S/C49H49FN12O6/c1-28-41(24-52-46-44(28)51-13-19-68-46)60-14-12-38-30(25-60)23-53-49(56-38)54-31-4-2-29(3-5-31)20-43(64)55-39-9-7-33(22-37(39)50)58-15-17-59(18-16-58)34-26-61(27-34)32-6-8-35-36(21-32)48(67)62(47(35)66)40-10-11-42(63)57-45(40)65/h2-9,21-24,34,40,51H,10-20,25-27H2,1H3,(H,55,64)(H,53,54,56)(H,57,63,65). The van der Waals surface area contributed by atoms with E-state index in [9.17, 15) is 24.0 Å². The monoisotopic (exact) mass is 920 g/mol. The molecule has 11 rings (SSSR count). The van der Waals surface area contributed by atoms with E-state index < -0.39 is 35.5 Å². The molecule has 3 aromatic carbocycles. The van der Waals surface area contributed by atoms with Gasteiger partial charge in [-0.05, 0) is 67.4 Å². The number of ether oxygens (including phenoxy) is 1. The maximum absolute atomic E-state index is 15.4. The van der Waals surface area contributed by atoms with E-state index in [1.807, 2.05) is 48.8 Å². The summed E-state index contributed by atoms with van der Waals surface area (Å²) in [6.07, 6.45) is 4.76. The van der Waals surface area contributed by atoms with Gasteiger partial charge < -0.3 is 35.4 Å². The average Bonchev–Trinajstić information content (AvgIpc) is 3.57. The highest BCUT2D eigenvalue weighted by Gasteiger charge is 2.45. The van der Waals surface area contributed by atoms with E-state index in [1.54, 1.807) is 18.2 Å². The first-order chi connectivity index (χ1) is 33.0. The number of pyridine rings is 1. The van der Waals surface area contributed by atoms with Crippen LogP contribution in [0.15, 0.2) is 73.1 Å². The third kappa shape index (κ3) is 8.15. The van der Waals surface area contributed by atoms with Gasteiger partial charge >= 0.3 is 0 Å². The van der Waals surface area contributed by atoms with Crippen LogP contribution in [0.4, 0.5) is 44.5 Å². The van der Waals surface area contributed by atoms with E-state index in [0.717, 1.165) is 101 Å². The first-order valence-corrected chi connectivity index (χ1v) is 23.0. The summed E-state index contributed by atoms with van der Waals surface area (Å²) in [5.41, 5.74) is 8.98. The van der Waals surface area contributed by atoms with Crippen LogP contribution in [0, 0.1) is 12.7 Å². The van der Waals surface area contributed by atoms with Crippen molar-refractivity contribution in [1.29, 1.82) is 0 Å². The van der Waals surface area contributed by atoms with Crippen molar-refractivity contribution in [2.75, 3.05) is 89.6 Å². The molecule has 348 valence electrons. The fourth-order valence-electron chi connectivity index (χ4n) is 10.0. The Balaban J connectivity index is 0.629. The molecule has 4 N–H and O–H groups in total. The Morgan fingerprint density at radius 1 is 0.853 bits per heavy atom. The second-order valence-corrected chi connectivity index (χ2v) is 18.0. The van der Waals surface area contributed by atoms with Gasteiger partial charge in [0.1, 0.15) is 24.2 Å². The molecule has 0 aliphatic carbocycles. The van der Waals surface area contributed by atoms with Crippen LogP contribution in [-0.4, -0.2) is 125 Å². The van der Waals surface area contributed by atoms with E-state index in [4.69, 9.17) is 9.72 Å². The number of hydrogen-bond donors (Lipinski definition) is 4. The Morgan fingerprint density at radius 3 is 2.43 bits per heavy atom. The average molecular weight is 921 g/mol. The Hall–Kier alpha value is -7.67. The van der Waals surface area contributed by atoms with Gasteiger partial charge in [0, 0.05) is 112 Å². The van der Waals surface area contributed by atoms with Crippen LogP contribution in [0.3, 0.4) is 0 Å². The van der Waals surface area contributed by atoms with Gasteiger partial charge in [-0.3, -0.25) is 39.1 Å². The summed E-state index contributed by atoms with van der Waals surface area (Å²) >= 11 is 0. The maximum Gasteiger partial charge on any atom is 0.262 e. The number of rotatable bonds is 10. The number of aromatic nitrogens is 3. The minimum atomic E-state index is -1.00. The van der Waals surface area contributed by atoms with Crippen molar-refractivity contribution in [1.82, 2.24) is 30.1 Å². The summed E-state index contributed by atoms with van der Waals surface area (Å²) in [6, 6.07) is 16.8.